The molecule has 0 spiro atoms. The molecule has 0 aliphatic heterocycles. The van der Waals surface area contributed by atoms with Gasteiger partial charge in [-0.1, -0.05) is 13.0 Å². The van der Waals surface area contributed by atoms with Crippen LogP contribution in [0.1, 0.15) is 22.2 Å². The van der Waals surface area contributed by atoms with Gasteiger partial charge in [0.05, 0.1) is 5.56 Å². The molecule has 0 saturated heterocycles. The number of hydrogen-bond acceptors (Lipinski definition) is 6. The number of carbonyl (C=O) groups excluding carboxylic acids is 3. The highest BCUT2D eigenvalue weighted by atomic mass is 32.1. The van der Waals surface area contributed by atoms with E-state index in [-0.39, 0.29) is 5.56 Å². The van der Waals surface area contributed by atoms with Crippen molar-refractivity contribution in [1.82, 2.24) is 5.06 Å². The number of fused-ring (bicyclic) bond motifs is 1. The Labute approximate surface area is 136 Å². The molecule has 8 heteroatoms. The molecule has 122 valence electrons. The Morgan fingerprint density at radius 1 is 1.35 bits per heavy atom. The normalized spacial score (nSPS) is 10.6. The smallest absolute Gasteiger partial charge is 0.289 e. The van der Waals surface area contributed by atoms with Crippen molar-refractivity contribution in [3.63, 3.8) is 0 Å². The fourth-order valence-corrected chi connectivity index (χ4v) is 3.29. The summed E-state index contributed by atoms with van der Waals surface area (Å²) in [7, 11) is 1.19. The maximum absolute atomic E-state index is 12.2. The van der Waals surface area contributed by atoms with Gasteiger partial charge < -0.3 is 10.5 Å². The van der Waals surface area contributed by atoms with Gasteiger partial charge in [-0.25, -0.2) is 5.06 Å². The van der Waals surface area contributed by atoms with E-state index in [1.165, 1.54) is 18.4 Å². The third-order valence-electron chi connectivity index (χ3n) is 3.23. The van der Waals surface area contributed by atoms with Gasteiger partial charge >= 0.3 is 0 Å². The average Bonchev–Trinajstić information content (AvgIpc) is 2.90. The lowest BCUT2D eigenvalue weighted by Crippen LogP contribution is -2.28. The largest absolute Gasteiger partial charge is 0.483 e. The summed E-state index contributed by atoms with van der Waals surface area (Å²) < 4.78 is 6.18. The molecule has 0 saturated carbocycles. The van der Waals surface area contributed by atoms with Crippen molar-refractivity contribution in [1.29, 1.82) is 0 Å². The number of carbonyl (C=O) groups is 3. The number of hydroxylamine groups is 2. The number of thiophene rings is 1. The van der Waals surface area contributed by atoms with Crippen LogP contribution in [0.2, 0.25) is 0 Å². The summed E-state index contributed by atoms with van der Waals surface area (Å²) in [6.45, 7) is 1.47. The molecule has 2 aromatic rings. The molecular weight excluding hydrogens is 320 g/mol. The van der Waals surface area contributed by atoms with Crippen LogP contribution in [0.15, 0.2) is 18.2 Å². The van der Waals surface area contributed by atoms with Crippen LogP contribution in [0, 0.1) is 0 Å². The van der Waals surface area contributed by atoms with Crippen LogP contribution in [0.4, 0.5) is 0 Å². The molecule has 1 aromatic heterocycles. The first kappa shape index (κ1) is 16.9. The Kier molecular flexibility index (Phi) is 4.97. The van der Waals surface area contributed by atoms with E-state index in [1.54, 1.807) is 18.2 Å². The van der Waals surface area contributed by atoms with Crippen LogP contribution in [0.5, 0.6) is 5.75 Å². The minimum absolute atomic E-state index is 0.223. The van der Waals surface area contributed by atoms with E-state index in [4.69, 9.17) is 15.7 Å². The van der Waals surface area contributed by atoms with Crippen molar-refractivity contribution in [2.45, 2.75) is 13.3 Å². The van der Waals surface area contributed by atoms with Crippen molar-refractivity contribution in [2.75, 3.05) is 13.7 Å². The maximum atomic E-state index is 12.2. The summed E-state index contributed by atoms with van der Waals surface area (Å²) in [4.78, 5) is 35.7. The summed E-state index contributed by atoms with van der Waals surface area (Å²) in [5.74, 6) is -2.18. The fourth-order valence-electron chi connectivity index (χ4n) is 2.13. The number of nitrogens with two attached hydrogens (primary N) is 1. The van der Waals surface area contributed by atoms with Crippen LogP contribution in [-0.2, 0) is 16.0 Å². The third-order valence-corrected chi connectivity index (χ3v) is 4.53. The Bertz CT molecular complexity index is 782. The van der Waals surface area contributed by atoms with Crippen molar-refractivity contribution < 1.29 is 24.3 Å². The first-order chi connectivity index (χ1) is 10.9. The Hall–Kier alpha value is -2.45. The van der Waals surface area contributed by atoms with Crippen molar-refractivity contribution in [2.24, 2.45) is 5.73 Å². The molecule has 0 aliphatic rings. The minimum Gasteiger partial charge on any atom is -0.483 e. The molecule has 2 amide bonds. The second-order valence-corrected chi connectivity index (χ2v) is 5.92. The monoisotopic (exact) mass is 336 g/mol. The number of benzene rings is 1. The first-order valence-electron chi connectivity index (χ1n) is 6.83. The van der Waals surface area contributed by atoms with Crippen LogP contribution >= 0.6 is 11.3 Å². The summed E-state index contributed by atoms with van der Waals surface area (Å²) >= 11 is 1.37. The van der Waals surface area contributed by atoms with E-state index in [1.807, 2.05) is 6.92 Å². The van der Waals surface area contributed by atoms with Crippen LogP contribution in [-0.4, -0.2) is 41.5 Å². The summed E-state index contributed by atoms with van der Waals surface area (Å²) in [5.41, 5.74) is 5.36. The second-order valence-electron chi connectivity index (χ2n) is 4.78. The van der Waals surface area contributed by atoms with Gasteiger partial charge in [-0.15, -0.1) is 11.3 Å². The summed E-state index contributed by atoms with van der Waals surface area (Å²) in [6, 6.07) is 5.11. The Balaban J connectivity index is 2.53. The third kappa shape index (κ3) is 3.33. The highest BCUT2D eigenvalue weighted by Gasteiger charge is 2.24. The molecule has 0 aliphatic carbocycles. The van der Waals surface area contributed by atoms with Crippen LogP contribution in [0.3, 0.4) is 0 Å². The lowest BCUT2D eigenvalue weighted by molar-refractivity contribution is -0.161. The molecule has 2 rings (SSSR count). The number of amides is 2. The van der Waals surface area contributed by atoms with Gasteiger partial charge in [0.1, 0.15) is 5.75 Å². The molecule has 0 atom stereocenters. The molecular formula is C15H16N2O5S. The van der Waals surface area contributed by atoms with Gasteiger partial charge in [0.15, 0.2) is 6.61 Å². The zero-order chi connectivity index (χ0) is 17.1. The summed E-state index contributed by atoms with van der Waals surface area (Å²) in [5, 5.41) is 9.94. The number of rotatable bonds is 6. The molecule has 0 unspecified atom stereocenters. The van der Waals surface area contributed by atoms with Gasteiger partial charge in [0, 0.05) is 22.0 Å². The SMILES string of the molecule is CCc1sc2cccc(OCC(=O)N(C)O)c2c1C(=O)C(N)=O. The summed E-state index contributed by atoms with van der Waals surface area (Å²) in [6.07, 6.45) is 0.561. The predicted molar refractivity (Wildman–Crippen MR) is 84.8 cm³/mol. The number of ketones is 1. The topological polar surface area (TPSA) is 110 Å². The molecule has 0 fully saturated rings. The van der Waals surface area contributed by atoms with Crippen molar-refractivity contribution >= 4 is 39.0 Å². The highest BCUT2D eigenvalue weighted by molar-refractivity contribution is 7.19. The highest BCUT2D eigenvalue weighted by Crippen LogP contribution is 2.38. The molecule has 3 N–H and O–H groups in total. The van der Waals surface area contributed by atoms with E-state index in [0.717, 1.165) is 9.58 Å². The van der Waals surface area contributed by atoms with E-state index in [9.17, 15) is 14.4 Å². The van der Waals surface area contributed by atoms with E-state index >= 15 is 0 Å². The Morgan fingerprint density at radius 2 is 2.04 bits per heavy atom. The number of ether oxygens (including phenoxy) is 1. The molecule has 1 aromatic carbocycles. The van der Waals surface area contributed by atoms with Gasteiger partial charge in [-0.3, -0.25) is 19.6 Å². The zero-order valence-electron chi connectivity index (χ0n) is 12.7. The number of Topliss-reactive ketones (excluding diaryl/α,β-unsaturated/α-hetero) is 1. The molecule has 0 radical (unpaired) electrons. The molecule has 23 heavy (non-hydrogen) atoms. The lowest BCUT2D eigenvalue weighted by Gasteiger charge is -2.11. The predicted octanol–water partition coefficient (Wildman–Crippen LogP) is 1.36. The van der Waals surface area contributed by atoms with Crippen LogP contribution < -0.4 is 10.5 Å². The van der Waals surface area contributed by atoms with E-state index in [0.29, 0.717) is 22.6 Å². The number of hydrogen-bond donors (Lipinski definition) is 2. The van der Waals surface area contributed by atoms with Gasteiger partial charge in [0.25, 0.3) is 17.6 Å². The van der Waals surface area contributed by atoms with Gasteiger partial charge in [-0.05, 0) is 18.6 Å². The second kappa shape index (κ2) is 6.76. The average molecular weight is 336 g/mol. The standard InChI is InChI=1S/C15H16N2O5S/c1-3-9-13(14(19)15(16)20)12-8(5-4-6-10(12)23-9)22-7-11(18)17(2)21/h4-6,21H,3,7H2,1-2H3,(H2,16,20). The number of primary amides is 1. The number of nitrogens with zero attached hydrogens (tertiary/aromatic N) is 1. The molecule has 1 heterocycles. The quantitative estimate of drug-likeness (QED) is 0.358. The fraction of sp³-hybridized carbons (Fsp3) is 0.267. The van der Waals surface area contributed by atoms with Gasteiger partial charge in [-0.2, -0.15) is 0 Å². The van der Waals surface area contributed by atoms with Crippen LogP contribution in [0.25, 0.3) is 10.1 Å². The zero-order valence-corrected chi connectivity index (χ0v) is 13.5. The van der Waals surface area contributed by atoms with Crippen molar-refractivity contribution in [3.05, 3.63) is 28.6 Å². The van der Waals surface area contributed by atoms with Crippen molar-refractivity contribution in [3.8, 4) is 5.75 Å². The van der Waals surface area contributed by atoms with Gasteiger partial charge in [0.2, 0.25) is 0 Å². The first-order valence-corrected chi connectivity index (χ1v) is 7.65. The number of likely N-dealkylation sites (N-methyl/N-ethyl adjacent to an activating group) is 1. The molecule has 0 bridgehead atoms. The number of aryl methyl sites for hydroxylation is 1. The molecule has 7 nitrogen and oxygen atoms in total. The Morgan fingerprint density at radius 3 is 2.61 bits per heavy atom. The minimum atomic E-state index is -1.04. The lowest BCUT2D eigenvalue weighted by atomic mass is 10.0. The van der Waals surface area contributed by atoms with E-state index < -0.39 is 24.2 Å². The van der Waals surface area contributed by atoms with E-state index in [2.05, 4.69) is 0 Å². The maximum Gasteiger partial charge on any atom is 0.289 e.